The van der Waals surface area contributed by atoms with E-state index >= 15 is 0 Å². The Balaban J connectivity index is 2.00. The van der Waals surface area contributed by atoms with Crippen molar-refractivity contribution in [3.63, 3.8) is 0 Å². The number of halogens is 1. The van der Waals surface area contributed by atoms with Crippen molar-refractivity contribution in [2.45, 2.75) is 6.42 Å². The number of aromatic nitrogens is 3. The van der Waals surface area contributed by atoms with Crippen molar-refractivity contribution in [3.8, 4) is 5.75 Å². The highest BCUT2D eigenvalue weighted by molar-refractivity contribution is 9.10. The maximum Gasteiger partial charge on any atom is 0.203 e. The van der Waals surface area contributed by atoms with Gasteiger partial charge >= 0.3 is 0 Å². The summed E-state index contributed by atoms with van der Waals surface area (Å²) in [6.07, 6.45) is 2.53. The molecule has 2 aromatic heterocycles. The molecule has 0 aliphatic heterocycles. The molecule has 3 aromatic rings. The lowest BCUT2D eigenvalue weighted by molar-refractivity contribution is 0.477. The van der Waals surface area contributed by atoms with E-state index in [0.717, 1.165) is 15.9 Å². The lowest BCUT2D eigenvalue weighted by atomic mass is 10.1. The largest absolute Gasteiger partial charge is 0.504 e. The van der Waals surface area contributed by atoms with Crippen LogP contribution in [-0.4, -0.2) is 19.7 Å². The fourth-order valence-corrected chi connectivity index (χ4v) is 2.12. The van der Waals surface area contributed by atoms with E-state index < -0.39 is 0 Å². The molecule has 0 aliphatic carbocycles. The van der Waals surface area contributed by atoms with Crippen LogP contribution in [0.1, 0.15) is 11.4 Å². The second kappa shape index (κ2) is 4.42. The summed E-state index contributed by atoms with van der Waals surface area (Å²) in [4.78, 5) is 0. The quantitative estimate of drug-likeness (QED) is 0.792. The third-order valence-electron chi connectivity index (χ3n) is 2.76. The summed E-state index contributed by atoms with van der Waals surface area (Å²) in [6, 6.07) is 11.4. The number of rotatable bonds is 2. The Hall–Kier alpha value is -1.88. The van der Waals surface area contributed by atoms with Crippen LogP contribution in [0, 0.1) is 0 Å². The molecule has 0 unspecified atom stereocenters. The molecule has 0 fully saturated rings. The van der Waals surface area contributed by atoms with Gasteiger partial charge in [-0.25, -0.2) is 0 Å². The zero-order chi connectivity index (χ0) is 12.5. The van der Waals surface area contributed by atoms with E-state index in [2.05, 4.69) is 26.1 Å². The van der Waals surface area contributed by atoms with Gasteiger partial charge in [-0.15, -0.1) is 10.2 Å². The van der Waals surface area contributed by atoms with Crippen molar-refractivity contribution >= 4 is 21.6 Å². The summed E-state index contributed by atoms with van der Waals surface area (Å²) in [7, 11) is 0. The topological polar surface area (TPSA) is 50.4 Å². The van der Waals surface area contributed by atoms with Gasteiger partial charge in [0.2, 0.25) is 5.65 Å². The van der Waals surface area contributed by atoms with Gasteiger partial charge in [0.05, 0.1) is 0 Å². The first-order valence-corrected chi connectivity index (χ1v) is 6.29. The van der Waals surface area contributed by atoms with Crippen molar-refractivity contribution in [1.29, 1.82) is 0 Å². The van der Waals surface area contributed by atoms with E-state index in [1.165, 1.54) is 0 Å². The van der Waals surface area contributed by atoms with Gasteiger partial charge in [0, 0.05) is 17.1 Å². The average Bonchev–Trinajstić information content (AvgIpc) is 2.77. The number of aromatic hydroxyl groups is 1. The molecule has 0 saturated carbocycles. The molecule has 0 atom stereocenters. The lowest BCUT2D eigenvalue weighted by Gasteiger charge is -2.01. The van der Waals surface area contributed by atoms with Crippen LogP contribution in [0.2, 0.25) is 0 Å². The van der Waals surface area contributed by atoms with E-state index in [4.69, 9.17) is 0 Å². The van der Waals surface area contributed by atoms with Crippen molar-refractivity contribution in [3.05, 3.63) is 58.5 Å². The van der Waals surface area contributed by atoms with Crippen molar-refractivity contribution in [2.75, 3.05) is 0 Å². The molecule has 18 heavy (non-hydrogen) atoms. The predicted octanol–water partition coefficient (Wildman–Crippen LogP) is 2.79. The van der Waals surface area contributed by atoms with Crippen molar-refractivity contribution in [1.82, 2.24) is 14.6 Å². The number of pyridine rings is 1. The molecule has 0 saturated heterocycles. The molecule has 1 N–H and O–H groups in total. The third kappa shape index (κ3) is 1.97. The Morgan fingerprint density at radius 2 is 1.89 bits per heavy atom. The summed E-state index contributed by atoms with van der Waals surface area (Å²) < 4.78 is 2.85. The van der Waals surface area contributed by atoms with Gasteiger partial charge in [0.1, 0.15) is 5.82 Å². The highest BCUT2D eigenvalue weighted by Gasteiger charge is 2.08. The Morgan fingerprint density at radius 1 is 1.11 bits per heavy atom. The maximum atomic E-state index is 9.66. The van der Waals surface area contributed by atoms with Crippen LogP contribution in [-0.2, 0) is 6.42 Å². The van der Waals surface area contributed by atoms with Crippen LogP contribution in [0.5, 0.6) is 5.75 Å². The normalized spacial score (nSPS) is 10.9. The Bertz CT molecular complexity index is 691. The van der Waals surface area contributed by atoms with Gasteiger partial charge in [0.25, 0.3) is 0 Å². The second-order valence-corrected chi connectivity index (χ2v) is 4.92. The fraction of sp³-hybridized carbons (Fsp3) is 0.0769. The van der Waals surface area contributed by atoms with Crippen LogP contribution < -0.4 is 0 Å². The molecule has 0 spiro atoms. The van der Waals surface area contributed by atoms with E-state index in [-0.39, 0.29) is 5.75 Å². The molecule has 5 heteroatoms. The first kappa shape index (κ1) is 11.2. The molecular weight excluding hydrogens is 294 g/mol. The minimum Gasteiger partial charge on any atom is -0.504 e. The summed E-state index contributed by atoms with van der Waals surface area (Å²) >= 11 is 3.41. The van der Waals surface area contributed by atoms with E-state index in [1.54, 1.807) is 16.5 Å². The number of benzene rings is 1. The molecule has 0 aliphatic rings. The van der Waals surface area contributed by atoms with Gasteiger partial charge in [0.15, 0.2) is 5.75 Å². The van der Waals surface area contributed by atoms with Gasteiger partial charge in [-0.3, -0.25) is 4.40 Å². The van der Waals surface area contributed by atoms with E-state index in [9.17, 15) is 5.11 Å². The van der Waals surface area contributed by atoms with Crippen molar-refractivity contribution < 1.29 is 5.11 Å². The molecule has 2 heterocycles. The summed E-state index contributed by atoms with van der Waals surface area (Å²) in [5.41, 5.74) is 1.64. The molecule has 0 amide bonds. The first-order chi connectivity index (χ1) is 8.74. The Labute approximate surface area is 112 Å². The minimum absolute atomic E-state index is 0.145. The van der Waals surface area contributed by atoms with Crippen LogP contribution in [0.4, 0.5) is 0 Å². The van der Waals surface area contributed by atoms with Crippen molar-refractivity contribution in [2.24, 2.45) is 0 Å². The predicted molar refractivity (Wildman–Crippen MR) is 71.6 cm³/mol. The van der Waals surface area contributed by atoms with E-state index in [1.807, 2.05) is 30.5 Å². The standard InChI is InChI=1S/C13H10BrN3O/c14-10-5-3-9(4-6-10)8-12-15-16-13-11(18)2-1-7-17(12)13/h1-7,18H,8H2. The number of hydrogen-bond donors (Lipinski definition) is 1. The summed E-state index contributed by atoms with van der Waals surface area (Å²) in [5, 5.41) is 17.8. The molecule has 3 rings (SSSR count). The molecule has 0 radical (unpaired) electrons. The highest BCUT2D eigenvalue weighted by Crippen LogP contribution is 2.18. The van der Waals surface area contributed by atoms with E-state index in [0.29, 0.717) is 12.1 Å². The van der Waals surface area contributed by atoms with Gasteiger partial charge in [-0.2, -0.15) is 0 Å². The molecule has 1 aromatic carbocycles. The van der Waals surface area contributed by atoms with Crippen LogP contribution in [0.3, 0.4) is 0 Å². The van der Waals surface area contributed by atoms with Gasteiger partial charge < -0.3 is 5.11 Å². The second-order valence-electron chi connectivity index (χ2n) is 4.01. The monoisotopic (exact) mass is 303 g/mol. The fourth-order valence-electron chi connectivity index (χ4n) is 1.86. The molecule has 0 bridgehead atoms. The minimum atomic E-state index is 0.145. The zero-order valence-electron chi connectivity index (χ0n) is 9.42. The Morgan fingerprint density at radius 3 is 2.67 bits per heavy atom. The van der Waals surface area contributed by atoms with Crippen LogP contribution in [0.15, 0.2) is 47.1 Å². The molecule has 4 nitrogen and oxygen atoms in total. The highest BCUT2D eigenvalue weighted by atomic mass is 79.9. The van der Waals surface area contributed by atoms with Gasteiger partial charge in [-0.1, -0.05) is 28.1 Å². The summed E-state index contributed by atoms with van der Waals surface area (Å²) in [5.74, 6) is 0.954. The number of hydrogen-bond acceptors (Lipinski definition) is 3. The summed E-state index contributed by atoms with van der Waals surface area (Å²) in [6.45, 7) is 0. The molecule has 90 valence electrons. The maximum absolute atomic E-state index is 9.66. The first-order valence-electron chi connectivity index (χ1n) is 5.50. The van der Waals surface area contributed by atoms with Crippen LogP contribution in [0.25, 0.3) is 5.65 Å². The van der Waals surface area contributed by atoms with Gasteiger partial charge in [-0.05, 0) is 29.8 Å². The number of nitrogens with zero attached hydrogens (tertiary/aromatic N) is 3. The molecular formula is C13H10BrN3O. The average molecular weight is 304 g/mol. The SMILES string of the molecule is Oc1cccn2c(Cc3ccc(Br)cc3)nnc12. The van der Waals surface area contributed by atoms with Crippen LogP contribution >= 0.6 is 15.9 Å². The zero-order valence-corrected chi connectivity index (χ0v) is 11.0. The number of fused-ring (bicyclic) bond motifs is 1. The third-order valence-corrected chi connectivity index (χ3v) is 3.29. The lowest BCUT2D eigenvalue weighted by Crippen LogP contribution is -1.95. The Kier molecular flexibility index (Phi) is 2.76. The smallest absolute Gasteiger partial charge is 0.203 e.